The van der Waals surface area contributed by atoms with Gasteiger partial charge in [0.25, 0.3) is 0 Å². The van der Waals surface area contributed by atoms with Crippen LogP contribution in [-0.4, -0.2) is 6.04 Å². The number of hydrogen-bond donors (Lipinski definition) is 1. The molecule has 0 fully saturated rings. The Morgan fingerprint density at radius 2 is 1.27 bits per heavy atom. The predicted molar refractivity (Wildman–Crippen MR) is 74.2 cm³/mol. The minimum Gasteiger partial charge on any atom is -0.327 e. The Hall–Kier alpha value is -0.300. The molecule has 2 N–H and O–H groups in total. The molecule has 1 unspecified atom stereocenters. The van der Waals surface area contributed by atoms with E-state index in [0.717, 1.165) is 6.42 Å². The van der Waals surface area contributed by atoms with Gasteiger partial charge in [-0.05, 0) is 33.1 Å². The molecular formula is C14H33N. The molecule has 15 heavy (non-hydrogen) atoms. The Kier molecular flexibility index (Phi) is 21.7. The van der Waals surface area contributed by atoms with Crippen LogP contribution in [-0.2, 0) is 0 Å². The summed E-state index contributed by atoms with van der Waals surface area (Å²) < 4.78 is 0. The lowest BCUT2D eigenvalue weighted by Crippen LogP contribution is -2.23. The van der Waals surface area contributed by atoms with Gasteiger partial charge in [-0.1, -0.05) is 52.7 Å². The number of allylic oxidation sites excluding steroid dienone is 1. The van der Waals surface area contributed by atoms with Crippen molar-refractivity contribution in [3.63, 3.8) is 0 Å². The van der Waals surface area contributed by atoms with Gasteiger partial charge in [0.05, 0.1) is 0 Å². The molecule has 0 bridgehead atoms. The van der Waals surface area contributed by atoms with Gasteiger partial charge in [0.1, 0.15) is 0 Å². The van der Waals surface area contributed by atoms with Crippen LogP contribution in [0.25, 0.3) is 0 Å². The summed E-state index contributed by atoms with van der Waals surface area (Å²) >= 11 is 0. The van der Waals surface area contributed by atoms with Gasteiger partial charge in [-0.25, -0.2) is 0 Å². The molecular weight excluding hydrogens is 182 g/mol. The number of rotatable bonds is 0. The minimum absolute atomic E-state index is 0.439. The Morgan fingerprint density at radius 1 is 0.867 bits per heavy atom. The van der Waals surface area contributed by atoms with E-state index in [2.05, 4.69) is 13.8 Å². The van der Waals surface area contributed by atoms with E-state index in [4.69, 9.17) is 5.73 Å². The van der Waals surface area contributed by atoms with Gasteiger partial charge in [0, 0.05) is 6.04 Å². The lowest BCUT2D eigenvalue weighted by Gasteiger charge is -2.20. The molecule has 0 saturated carbocycles. The molecule has 1 aliphatic rings. The third-order valence-corrected chi connectivity index (χ3v) is 2.19. The molecule has 1 nitrogen and oxygen atoms in total. The van der Waals surface area contributed by atoms with Crippen molar-refractivity contribution in [2.24, 2.45) is 5.73 Å². The molecule has 1 aliphatic carbocycles. The van der Waals surface area contributed by atoms with E-state index in [9.17, 15) is 0 Å². The van der Waals surface area contributed by atoms with E-state index < -0.39 is 0 Å². The standard InChI is InChI=1S/C8H15N.3C2H6/c1-6-3-4-8(9)5-7(6)2;3*1-2/h8H,3-5,9H2,1-2H3;3*1-2H3. The van der Waals surface area contributed by atoms with E-state index in [1.807, 2.05) is 41.5 Å². The van der Waals surface area contributed by atoms with Crippen LogP contribution >= 0.6 is 0 Å². The zero-order chi connectivity index (χ0) is 12.9. The summed E-state index contributed by atoms with van der Waals surface area (Å²) in [5, 5.41) is 0. The van der Waals surface area contributed by atoms with Gasteiger partial charge >= 0.3 is 0 Å². The first-order valence-electron chi connectivity index (χ1n) is 6.61. The minimum atomic E-state index is 0.439. The van der Waals surface area contributed by atoms with Crippen LogP contribution in [0.5, 0.6) is 0 Å². The molecule has 0 radical (unpaired) electrons. The number of nitrogens with two attached hydrogens (primary N) is 1. The highest BCUT2D eigenvalue weighted by Crippen LogP contribution is 2.22. The second-order valence-electron chi connectivity index (χ2n) is 3.06. The lowest BCUT2D eigenvalue weighted by atomic mass is 9.91. The fraction of sp³-hybridized carbons (Fsp3) is 0.857. The average Bonchev–Trinajstić information content (AvgIpc) is 2.32. The van der Waals surface area contributed by atoms with Crippen molar-refractivity contribution in [2.75, 3.05) is 0 Å². The highest BCUT2D eigenvalue weighted by molar-refractivity contribution is 5.14. The number of hydrogen-bond acceptors (Lipinski definition) is 1. The summed E-state index contributed by atoms with van der Waals surface area (Å²) in [6.45, 7) is 16.4. The summed E-state index contributed by atoms with van der Waals surface area (Å²) in [4.78, 5) is 0. The molecule has 0 aromatic heterocycles. The van der Waals surface area contributed by atoms with Crippen molar-refractivity contribution in [3.05, 3.63) is 11.1 Å². The van der Waals surface area contributed by atoms with Gasteiger partial charge in [-0.3, -0.25) is 0 Å². The maximum absolute atomic E-state index is 5.75. The van der Waals surface area contributed by atoms with Crippen LogP contribution in [0.2, 0.25) is 0 Å². The monoisotopic (exact) mass is 215 g/mol. The van der Waals surface area contributed by atoms with Crippen molar-refractivity contribution in [1.82, 2.24) is 0 Å². The molecule has 94 valence electrons. The molecule has 0 spiro atoms. The zero-order valence-corrected chi connectivity index (χ0v) is 12.3. The van der Waals surface area contributed by atoms with E-state index in [-0.39, 0.29) is 0 Å². The maximum atomic E-state index is 5.75. The molecule has 1 rings (SSSR count). The Labute approximate surface area is 98.1 Å². The molecule has 0 aliphatic heterocycles. The second-order valence-corrected chi connectivity index (χ2v) is 3.06. The molecule has 0 aromatic carbocycles. The van der Waals surface area contributed by atoms with Gasteiger partial charge in [0.15, 0.2) is 0 Å². The van der Waals surface area contributed by atoms with Gasteiger partial charge in [-0.2, -0.15) is 0 Å². The van der Waals surface area contributed by atoms with Crippen molar-refractivity contribution in [2.45, 2.75) is 80.7 Å². The lowest BCUT2D eigenvalue weighted by molar-refractivity contribution is 0.569. The molecule has 1 heteroatoms. The molecule has 0 saturated heterocycles. The van der Waals surface area contributed by atoms with E-state index in [1.54, 1.807) is 5.57 Å². The fourth-order valence-electron chi connectivity index (χ4n) is 1.28. The summed E-state index contributed by atoms with van der Waals surface area (Å²) in [7, 11) is 0. The second kappa shape index (κ2) is 16.1. The highest BCUT2D eigenvalue weighted by atomic mass is 14.6. The SMILES string of the molecule is CC.CC.CC.CC1=C(C)CC(N)CC1. The average molecular weight is 215 g/mol. The summed E-state index contributed by atoms with van der Waals surface area (Å²) in [5.74, 6) is 0. The highest BCUT2D eigenvalue weighted by Gasteiger charge is 2.11. The van der Waals surface area contributed by atoms with Gasteiger partial charge in [0.2, 0.25) is 0 Å². The van der Waals surface area contributed by atoms with Crippen molar-refractivity contribution in [3.8, 4) is 0 Å². The predicted octanol–water partition coefficient (Wildman–Crippen LogP) is 4.91. The van der Waals surface area contributed by atoms with Crippen LogP contribution < -0.4 is 5.73 Å². The molecule has 0 heterocycles. The summed E-state index contributed by atoms with van der Waals surface area (Å²) in [5.41, 5.74) is 8.81. The van der Waals surface area contributed by atoms with Crippen LogP contribution in [0.15, 0.2) is 11.1 Å². The summed E-state index contributed by atoms with van der Waals surface area (Å²) in [6.07, 6.45) is 3.52. The van der Waals surface area contributed by atoms with Crippen molar-refractivity contribution in [1.29, 1.82) is 0 Å². The first-order valence-corrected chi connectivity index (χ1v) is 6.61. The largest absolute Gasteiger partial charge is 0.327 e. The Balaban J connectivity index is -0.000000208. The van der Waals surface area contributed by atoms with Crippen LogP contribution in [0.4, 0.5) is 0 Å². The first kappa shape index (κ1) is 20.2. The quantitative estimate of drug-likeness (QED) is 0.571. The maximum Gasteiger partial charge on any atom is 0.00791 e. The molecule has 1 atom stereocenters. The van der Waals surface area contributed by atoms with E-state index in [0.29, 0.717) is 6.04 Å². The van der Waals surface area contributed by atoms with Crippen molar-refractivity contribution >= 4 is 0 Å². The summed E-state index contributed by atoms with van der Waals surface area (Å²) in [6, 6.07) is 0.439. The third kappa shape index (κ3) is 11.6. The Bertz CT molecular complexity index is 136. The first-order chi connectivity index (χ1) is 7.20. The molecule has 0 amide bonds. The van der Waals surface area contributed by atoms with Crippen LogP contribution in [0, 0.1) is 0 Å². The fourth-order valence-corrected chi connectivity index (χ4v) is 1.28. The van der Waals surface area contributed by atoms with Gasteiger partial charge < -0.3 is 5.73 Å². The normalized spacial score (nSPS) is 18.6. The Morgan fingerprint density at radius 3 is 1.53 bits per heavy atom. The topological polar surface area (TPSA) is 26.0 Å². The smallest absolute Gasteiger partial charge is 0.00791 e. The van der Waals surface area contributed by atoms with Crippen LogP contribution in [0.1, 0.15) is 74.7 Å². The van der Waals surface area contributed by atoms with Crippen molar-refractivity contribution < 1.29 is 0 Å². The van der Waals surface area contributed by atoms with Gasteiger partial charge in [-0.15, -0.1) is 0 Å². The zero-order valence-electron chi connectivity index (χ0n) is 12.3. The third-order valence-electron chi connectivity index (χ3n) is 2.19. The van der Waals surface area contributed by atoms with Crippen LogP contribution in [0.3, 0.4) is 0 Å². The van der Waals surface area contributed by atoms with E-state index in [1.165, 1.54) is 18.4 Å². The van der Waals surface area contributed by atoms with E-state index >= 15 is 0 Å². The molecule has 0 aromatic rings.